The van der Waals surface area contributed by atoms with Crippen LogP contribution in [0.3, 0.4) is 0 Å². The van der Waals surface area contributed by atoms with Crippen LogP contribution in [-0.2, 0) is 23.1 Å². The fraction of sp³-hybridized carbons (Fsp3) is 0.700. The highest BCUT2D eigenvalue weighted by Gasteiger charge is 2.08. The molecule has 1 rings (SSSR count). The summed E-state index contributed by atoms with van der Waals surface area (Å²) in [6.07, 6.45) is 3.74. The van der Waals surface area contributed by atoms with Crippen LogP contribution in [0.1, 0.15) is 19.4 Å². The van der Waals surface area contributed by atoms with Crippen LogP contribution in [-0.4, -0.2) is 26.3 Å². The molecule has 15 heavy (non-hydrogen) atoms. The molecule has 0 bridgehead atoms. The van der Waals surface area contributed by atoms with E-state index in [9.17, 15) is 4.21 Å². The predicted molar refractivity (Wildman–Crippen MR) is 62.8 cm³/mol. The van der Waals surface area contributed by atoms with Gasteiger partial charge in [0.1, 0.15) is 0 Å². The van der Waals surface area contributed by atoms with Gasteiger partial charge in [-0.1, -0.05) is 6.92 Å². The first kappa shape index (κ1) is 12.4. The van der Waals surface area contributed by atoms with E-state index in [0.717, 1.165) is 12.1 Å². The van der Waals surface area contributed by atoms with E-state index in [1.54, 1.807) is 6.20 Å². The van der Waals surface area contributed by atoms with E-state index in [4.69, 9.17) is 5.73 Å². The highest BCUT2D eigenvalue weighted by molar-refractivity contribution is 7.84. The molecule has 0 amide bonds. The fourth-order valence-electron chi connectivity index (χ4n) is 1.28. The zero-order valence-corrected chi connectivity index (χ0v) is 10.2. The Hall–Kier alpha value is -0.680. The van der Waals surface area contributed by atoms with Gasteiger partial charge in [-0.2, -0.15) is 5.10 Å². The van der Waals surface area contributed by atoms with E-state index in [0.29, 0.717) is 24.0 Å². The van der Waals surface area contributed by atoms with Gasteiger partial charge in [0, 0.05) is 34.9 Å². The average Bonchev–Trinajstić information content (AvgIpc) is 2.65. The van der Waals surface area contributed by atoms with Gasteiger partial charge in [-0.3, -0.25) is 8.89 Å². The van der Waals surface area contributed by atoms with Crippen LogP contribution in [0, 0.1) is 5.92 Å². The average molecular weight is 229 g/mol. The van der Waals surface area contributed by atoms with Crippen molar-refractivity contribution in [3.8, 4) is 0 Å². The number of rotatable bonds is 6. The van der Waals surface area contributed by atoms with Crippen molar-refractivity contribution in [2.45, 2.75) is 26.1 Å². The molecule has 0 saturated heterocycles. The second-order valence-electron chi connectivity index (χ2n) is 3.80. The molecule has 2 N–H and O–H groups in total. The Labute approximate surface area is 93.3 Å². The van der Waals surface area contributed by atoms with Crippen LogP contribution in [0.15, 0.2) is 12.4 Å². The molecule has 2 atom stereocenters. The molecule has 0 aromatic carbocycles. The number of hydrogen-bond donors (Lipinski definition) is 1. The highest BCUT2D eigenvalue weighted by Crippen LogP contribution is 2.05. The normalized spacial score (nSPS) is 15.1. The van der Waals surface area contributed by atoms with Crippen molar-refractivity contribution in [2.24, 2.45) is 11.7 Å². The quantitative estimate of drug-likeness (QED) is 0.783. The zero-order valence-electron chi connectivity index (χ0n) is 9.35. The van der Waals surface area contributed by atoms with E-state index in [1.165, 1.54) is 0 Å². The lowest BCUT2D eigenvalue weighted by Gasteiger charge is -2.06. The number of hydrogen-bond acceptors (Lipinski definition) is 3. The number of aromatic nitrogens is 2. The molecule has 0 spiro atoms. The third-order valence-corrected chi connectivity index (χ3v) is 3.81. The molecule has 0 saturated carbocycles. The molecule has 0 radical (unpaired) electrons. The Morgan fingerprint density at radius 2 is 2.40 bits per heavy atom. The summed E-state index contributed by atoms with van der Waals surface area (Å²) < 4.78 is 13.5. The van der Waals surface area contributed by atoms with Crippen LogP contribution in [0.2, 0.25) is 0 Å². The largest absolute Gasteiger partial charge is 0.330 e. The summed E-state index contributed by atoms with van der Waals surface area (Å²) in [4.78, 5) is 0. The molecule has 0 fully saturated rings. The zero-order chi connectivity index (χ0) is 11.3. The molecule has 5 heteroatoms. The summed E-state index contributed by atoms with van der Waals surface area (Å²) in [7, 11) is -0.823. The summed E-state index contributed by atoms with van der Waals surface area (Å²) in [5, 5.41) is 4.14. The molecule has 1 aromatic heterocycles. The Bertz CT molecular complexity index is 324. The van der Waals surface area contributed by atoms with Gasteiger partial charge in [-0.05, 0) is 19.4 Å². The minimum absolute atomic E-state index is 0.326. The molecule has 86 valence electrons. The minimum atomic E-state index is -0.823. The van der Waals surface area contributed by atoms with Crippen LogP contribution in [0.25, 0.3) is 0 Å². The minimum Gasteiger partial charge on any atom is -0.330 e. The summed E-state index contributed by atoms with van der Waals surface area (Å²) in [5.74, 6) is 1.59. The molecular formula is C10H19N3OS. The lowest BCUT2D eigenvalue weighted by molar-refractivity contribution is 0.640. The summed E-state index contributed by atoms with van der Waals surface area (Å²) in [6.45, 7) is 5.50. The van der Waals surface area contributed by atoms with Crippen molar-refractivity contribution >= 4 is 10.8 Å². The predicted octanol–water partition coefficient (Wildman–Crippen LogP) is 0.746. The second-order valence-corrected chi connectivity index (χ2v) is 5.30. The maximum atomic E-state index is 11.7. The molecule has 0 aliphatic carbocycles. The van der Waals surface area contributed by atoms with Crippen LogP contribution >= 0.6 is 0 Å². The Kier molecular flexibility index (Phi) is 4.98. The lowest BCUT2D eigenvalue weighted by Crippen LogP contribution is -2.18. The van der Waals surface area contributed by atoms with Gasteiger partial charge < -0.3 is 5.73 Å². The third-order valence-electron chi connectivity index (χ3n) is 2.21. The summed E-state index contributed by atoms with van der Waals surface area (Å²) in [5.41, 5.74) is 6.53. The SMILES string of the molecule is CCn1cc(CS(=O)CC(C)CN)cn1. The first-order chi connectivity index (χ1) is 7.15. The topological polar surface area (TPSA) is 60.9 Å². The number of nitrogens with zero attached hydrogens (tertiary/aromatic N) is 2. The molecular weight excluding hydrogens is 210 g/mol. The second kappa shape index (κ2) is 6.02. The first-order valence-electron chi connectivity index (χ1n) is 5.22. The van der Waals surface area contributed by atoms with Gasteiger partial charge in [0.05, 0.1) is 11.9 Å². The van der Waals surface area contributed by atoms with E-state index in [-0.39, 0.29) is 0 Å². The van der Waals surface area contributed by atoms with E-state index in [2.05, 4.69) is 5.10 Å². The monoisotopic (exact) mass is 229 g/mol. The van der Waals surface area contributed by atoms with Crippen LogP contribution in [0.4, 0.5) is 0 Å². The Morgan fingerprint density at radius 3 is 2.93 bits per heavy atom. The molecule has 2 unspecified atom stereocenters. The Morgan fingerprint density at radius 1 is 1.67 bits per heavy atom. The summed E-state index contributed by atoms with van der Waals surface area (Å²) >= 11 is 0. The third kappa shape index (κ3) is 4.13. The van der Waals surface area contributed by atoms with Crippen LogP contribution < -0.4 is 5.73 Å². The number of aryl methyl sites for hydroxylation is 1. The Balaban J connectivity index is 2.44. The van der Waals surface area contributed by atoms with Crippen molar-refractivity contribution in [1.29, 1.82) is 0 Å². The van der Waals surface area contributed by atoms with Gasteiger partial charge in [-0.15, -0.1) is 0 Å². The molecule has 0 aliphatic heterocycles. The lowest BCUT2D eigenvalue weighted by atomic mass is 10.2. The molecule has 0 aliphatic rings. The van der Waals surface area contributed by atoms with Crippen molar-refractivity contribution in [1.82, 2.24) is 9.78 Å². The van der Waals surface area contributed by atoms with E-state index >= 15 is 0 Å². The van der Waals surface area contributed by atoms with Gasteiger partial charge in [0.2, 0.25) is 0 Å². The fourth-order valence-corrected chi connectivity index (χ4v) is 2.69. The van der Waals surface area contributed by atoms with Gasteiger partial charge in [0.25, 0.3) is 0 Å². The molecule has 1 aromatic rings. The standard InChI is InChI=1S/C10H19N3OS/c1-3-13-6-10(5-12-13)8-15(14)7-9(2)4-11/h5-6,9H,3-4,7-8,11H2,1-2H3. The van der Waals surface area contributed by atoms with Gasteiger partial charge in [-0.25, -0.2) is 0 Å². The van der Waals surface area contributed by atoms with Gasteiger partial charge >= 0.3 is 0 Å². The van der Waals surface area contributed by atoms with Crippen LogP contribution in [0.5, 0.6) is 0 Å². The van der Waals surface area contributed by atoms with E-state index < -0.39 is 10.8 Å². The summed E-state index contributed by atoms with van der Waals surface area (Å²) in [6, 6.07) is 0. The van der Waals surface area contributed by atoms with Crippen molar-refractivity contribution < 1.29 is 4.21 Å². The van der Waals surface area contributed by atoms with Crippen molar-refractivity contribution in [3.63, 3.8) is 0 Å². The maximum absolute atomic E-state index is 11.7. The maximum Gasteiger partial charge on any atom is 0.0531 e. The molecule has 1 heterocycles. The highest BCUT2D eigenvalue weighted by atomic mass is 32.2. The van der Waals surface area contributed by atoms with Crippen molar-refractivity contribution in [3.05, 3.63) is 18.0 Å². The van der Waals surface area contributed by atoms with Gasteiger partial charge in [0.15, 0.2) is 0 Å². The van der Waals surface area contributed by atoms with E-state index in [1.807, 2.05) is 24.7 Å². The molecule has 4 nitrogen and oxygen atoms in total. The van der Waals surface area contributed by atoms with Crippen molar-refractivity contribution in [2.75, 3.05) is 12.3 Å². The smallest absolute Gasteiger partial charge is 0.0531 e. The first-order valence-corrected chi connectivity index (χ1v) is 6.70. The number of nitrogens with two attached hydrogens (primary N) is 1.